The molecule has 1 amide bonds. The number of nitrogens with zero attached hydrogens (tertiary/aromatic N) is 1. The third-order valence-corrected chi connectivity index (χ3v) is 7.39. The second-order valence-corrected chi connectivity index (χ2v) is 9.36. The van der Waals surface area contributed by atoms with Crippen LogP contribution in [0, 0.1) is 0 Å². The predicted molar refractivity (Wildman–Crippen MR) is 129 cm³/mol. The lowest BCUT2D eigenvalue weighted by molar-refractivity contribution is -0.0497. The van der Waals surface area contributed by atoms with Crippen molar-refractivity contribution in [1.82, 2.24) is 4.98 Å². The minimum Gasteiger partial charge on any atom is -0.482 e. The third-order valence-electron chi connectivity index (χ3n) is 4.22. The molecule has 2 aromatic carbocycles. The maximum Gasteiger partial charge on any atom is 0.387 e. The Balaban J connectivity index is 1.44. The molecule has 0 aliphatic heterocycles. The normalized spacial score (nSPS) is 11.3. The van der Waals surface area contributed by atoms with Crippen LogP contribution in [-0.4, -0.2) is 17.5 Å². The van der Waals surface area contributed by atoms with E-state index >= 15 is 0 Å². The van der Waals surface area contributed by atoms with Crippen LogP contribution in [0.1, 0.15) is 16.3 Å². The Bertz CT molecular complexity index is 1370. The third kappa shape index (κ3) is 5.30. The highest BCUT2D eigenvalue weighted by atomic mass is 35.5. The van der Waals surface area contributed by atoms with Crippen molar-refractivity contribution in [3.63, 3.8) is 0 Å². The second kappa shape index (κ2) is 10.3. The quantitative estimate of drug-likeness (QED) is 0.173. The van der Waals surface area contributed by atoms with Crippen LogP contribution in [0.4, 0.5) is 13.9 Å². The summed E-state index contributed by atoms with van der Waals surface area (Å²) in [5, 5.41) is 2.74. The number of nitrogens with one attached hydrogen (secondary N) is 1. The van der Waals surface area contributed by atoms with Gasteiger partial charge in [-0.3, -0.25) is 10.1 Å². The molecule has 2 heterocycles. The number of halogens is 7. The van der Waals surface area contributed by atoms with E-state index in [0.29, 0.717) is 10.2 Å². The zero-order valence-electron chi connectivity index (χ0n) is 16.3. The standard InChI is InChI=1S/C20H9Cl5F2N2O4S/c21-12-13(22)15(24)17(16(25)14(12)23)31-6-8-2-4-10(32-8)18(30)29-20-28-9-3-1-7(33-19(26)27)5-11(9)34-20/h1-5,19H,6H2,(H,28,29,30). The summed E-state index contributed by atoms with van der Waals surface area (Å²) in [5.74, 6) is -0.331. The molecule has 0 aliphatic rings. The first-order valence-corrected chi connectivity index (χ1v) is 11.7. The molecule has 34 heavy (non-hydrogen) atoms. The number of furan rings is 1. The summed E-state index contributed by atoms with van der Waals surface area (Å²) in [6.45, 7) is -3.09. The highest BCUT2D eigenvalue weighted by molar-refractivity contribution is 7.22. The lowest BCUT2D eigenvalue weighted by atomic mass is 10.3. The van der Waals surface area contributed by atoms with Crippen molar-refractivity contribution in [2.24, 2.45) is 0 Å². The van der Waals surface area contributed by atoms with E-state index in [1.807, 2.05) is 0 Å². The molecule has 0 bridgehead atoms. The van der Waals surface area contributed by atoms with E-state index in [2.05, 4.69) is 15.0 Å². The first kappa shape index (κ1) is 25.1. The number of carbonyl (C=O) groups is 1. The van der Waals surface area contributed by atoms with Crippen molar-refractivity contribution in [1.29, 1.82) is 0 Å². The predicted octanol–water partition coefficient (Wildman–Crippen LogP) is 8.59. The summed E-state index contributed by atoms with van der Waals surface area (Å²) < 4.78 is 40.8. The Morgan fingerprint density at radius 2 is 1.71 bits per heavy atom. The van der Waals surface area contributed by atoms with Gasteiger partial charge in [-0.05, 0) is 30.3 Å². The number of benzene rings is 2. The summed E-state index contributed by atoms with van der Waals surface area (Å²) >= 11 is 31.3. The summed E-state index contributed by atoms with van der Waals surface area (Å²) in [6, 6.07) is 7.22. The monoisotopic (exact) mass is 586 g/mol. The van der Waals surface area contributed by atoms with Crippen molar-refractivity contribution in [2.45, 2.75) is 13.2 Å². The summed E-state index contributed by atoms with van der Waals surface area (Å²) in [7, 11) is 0. The topological polar surface area (TPSA) is 73.6 Å². The van der Waals surface area contributed by atoms with Crippen LogP contribution in [0.2, 0.25) is 25.1 Å². The smallest absolute Gasteiger partial charge is 0.387 e. The first-order valence-electron chi connectivity index (χ1n) is 9.03. The minimum absolute atomic E-state index is 0.00439. The molecule has 178 valence electrons. The van der Waals surface area contributed by atoms with Gasteiger partial charge in [0.2, 0.25) is 0 Å². The van der Waals surface area contributed by atoms with Gasteiger partial charge in [-0.2, -0.15) is 8.78 Å². The van der Waals surface area contributed by atoms with Crippen molar-refractivity contribution in [3.05, 3.63) is 67.0 Å². The molecular weight excluding hydrogens is 580 g/mol. The fourth-order valence-electron chi connectivity index (χ4n) is 2.73. The van der Waals surface area contributed by atoms with Crippen LogP contribution >= 0.6 is 69.3 Å². The molecular formula is C20H9Cl5F2N2O4S. The van der Waals surface area contributed by atoms with Gasteiger partial charge in [0.25, 0.3) is 5.91 Å². The zero-order chi connectivity index (χ0) is 24.6. The second-order valence-electron chi connectivity index (χ2n) is 6.43. The Kier molecular flexibility index (Phi) is 7.61. The SMILES string of the molecule is O=C(Nc1nc2ccc(OC(F)F)cc2s1)c1ccc(COc2c(Cl)c(Cl)c(Cl)c(Cl)c2Cl)o1. The summed E-state index contributed by atoms with van der Waals surface area (Å²) in [5.41, 5.74) is 0.504. The van der Waals surface area contributed by atoms with Crippen LogP contribution in [0.25, 0.3) is 10.2 Å². The van der Waals surface area contributed by atoms with Crippen molar-refractivity contribution in [3.8, 4) is 11.5 Å². The van der Waals surface area contributed by atoms with Crippen molar-refractivity contribution in [2.75, 3.05) is 5.32 Å². The largest absolute Gasteiger partial charge is 0.482 e. The number of hydrogen-bond donors (Lipinski definition) is 1. The number of aromatic nitrogens is 1. The average molecular weight is 589 g/mol. The summed E-state index contributed by atoms with van der Waals surface area (Å²) in [6.07, 6.45) is 0. The van der Waals surface area contributed by atoms with Gasteiger partial charge in [-0.25, -0.2) is 4.98 Å². The van der Waals surface area contributed by atoms with Gasteiger partial charge in [0.1, 0.15) is 28.2 Å². The number of carbonyl (C=O) groups excluding carboxylic acids is 1. The first-order chi connectivity index (χ1) is 16.1. The van der Waals surface area contributed by atoms with E-state index < -0.39 is 12.5 Å². The number of rotatable bonds is 7. The fourth-order valence-corrected chi connectivity index (χ4v) is 4.85. The molecule has 4 aromatic rings. The van der Waals surface area contributed by atoms with Crippen molar-refractivity contribution >= 4 is 90.6 Å². The summed E-state index contributed by atoms with van der Waals surface area (Å²) in [4.78, 5) is 16.8. The van der Waals surface area contributed by atoms with Gasteiger partial charge in [0.15, 0.2) is 16.6 Å². The van der Waals surface area contributed by atoms with Gasteiger partial charge >= 0.3 is 6.61 Å². The molecule has 6 nitrogen and oxygen atoms in total. The van der Waals surface area contributed by atoms with Crippen LogP contribution in [-0.2, 0) is 6.61 Å². The van der Waals surface area contributed by atoms with Gasteiger partial charge in [-0.1, -0.05) is 69.3 Å². The Hall–Kier alpha value is -2.01. The molecule has 0 unspecified atom stereocenters. The number of alkyl halides is 2. The van der Waals surface area contributed by atoms with E-state index in [1.165, 1.54) is 30.3 Å². The van der Waals surface area contributed by atoms with E-state index in [1.54, 1.807) is 0 Å². The molecule has 2 aromatic heterocycles. The Morgan fingerprint density at radius 1 is 1.03 bits per heavy atom. The number of ether oxygens (including phenoxy) is 2. The van der Waals surface area contributed by atoms with E-state index in [-0.39, 0.29) is 59.9 Å². The highest BCUT2D eigenvalue weighted by Crippen LogP contribution is 2.48. The van der Waals surface area contributed by atoms with E-state index in [0.717, 1.165) is 11.3 Å². The van der Waals surface area contributed by atoms with Crippen LogP contribution in [0.15, 0.2) is 34.7 Å². The lowest BCUT2D eigenvalue weighted by Crippen LogP contribution is -2.10. The number of thiazole rings is 1. The van der Waals surface area contributed by atoms with E-state index in [9.17, 15) is 13.6 Å². The average Bonchev–Trinajstić information content (AvgIpc) is 3.42. The number of anilines is 1. The fraction of sp³-hybridized carbons (Fsp3) is 0.100. The number of hydrogen-bond acceptors (Lipinski definition) is 6. The van der Waals surface area contributed by atoms with Gasteiger partial charge in [-0.15, -0.1) is 0 Å². The molecule has 1 N–H and O–H groups in total. The molecule has 14 heteroatoms. The molecule has 0 saturated heterocycles. The maximum atomic E-state index is 12.5. The number of amides is 1. The van der Waals surface area contributed by atoms with Crippen LogP contribution in [0.5, 0.6) is 11.5 Å². The van der Waals surface area contributed by atoms with Gasteiger partial charge in [0.05, 0.1) is 25.3 Å². The molecule has 0 aliphatic carbocycles. The Labute approximate surface area is 219 Å². The maximum absolute atomic E-state index is 12.5. The van der Waals surface area contributed by atoms with Crippen LogP contribution in [0.3, 0.4) is 0 Å². The minimum atomic E-state index is -2.94. The van der Waals surface area contributed by atoms with Gasteiger partial charge in [0, 0.05) is 0 Å². The van der Waals surface area contributed by atoms with Crippen LogP contribution < -0.4 is 14.8 Å². The Morgan fingerprint density at radius 3 is 2.38 bits per heavy atom. The zero-order valence-corrected chi connectivity index (χ0v) is 20.9. The van der Waals surface area contributed by atoms with E-state index in [4.69, 9.17) is 67.2 Å². The lowest BCUT2D eigenvalue weighted by Gasteiger charge is -2.12. The highest BCUT2D eigenvalue weighted by Gasteiger charge is 2.21. The molecule has 0 fully saturated rings. The van der Waals surface area contributed by atoms with Crippen molar-refractivity contribution < 1.29 is 27.5 Å². The molecule has 0 atom stereocenters. The molecule has 0 spiro atoms. The molecule has 0 radical (unpaired) electrons. The van der Waals surface area contributed by atoms with Gasteiger partial charge < -0.3 is 13.9 Å². The number of fused-ring (bicyclic) bond motifs is 1. The molecule has 4 rings (SSSR count). The molecule has 0 saturated carbocycles.